The van der Waals surface area contributed by atoms with E-state index in [1.165, 1.54) is 28.5 Å². The first-order valence-electron chi connectivity index (χ1n) is 6.85. The monoisotopic (exact) mass is 267 g/mol. The second-order valence-electron chi connectivity index (χ2n) is 5.11. The summed E-state index contributed by atoms with van der Waals surface area (Å²) in [5.41, 5.74) is 1.19. The van der Waals surface area contributed by atoms with E-state index in [-0.39, 0.29) is 0 Å². The number of hydrogen-bond donors (Lipinski definition) is 1. The second-order valence-corrected chi connectivity index (χ2v) is 6.18. The summed E-state index contributed by atoms with van der Waals surface area (Å²) in [5, 5.41) is 4.74. The van der Waals surface area contributed by atoms with Gasteiger partial charge in [0.2, 0.25) is 0 Å². The third-order valence-corrected chi connectivity index (χ3v) is 4.72. The van der Waals surface area contributed by atoms with Crippen LogP contribution in [0.3, 0.4) is 0 Å². The number of nitrogens with zero attached hydrogens (tertiary/aromatic N) is 2. The van der Waals surface area contributed by atoms with Crippen LogP contribution in [-0.2, 0) is 11.3 Å². The average molecular weight is 267 g/mol. The van der Waals surface area contributed by atoms with Crippen molar-refractivity contribution in [2.75, 3.05) is 31.2 Å². The van der Waals surface area contributed by atoms with Crippen molar-refractivity contribution in [1.29, 1.82) is 0 Å². The zero-order valence-corrected chi connectivity index (χ0v) is 11.8. The maximum Gasteiger partial charge on any atom is 0.185 e. The molecule has 2 aliphatic rings. The Morgan fingerprint density at radius 3 is 3.11 bits per heavy atom. The molecule has 0 unspecified atom stereocenters. The summed E-state index contributed by atoms with van der Waals surface area (Å²) in [6.07, 6.45) is 3.79. The van der Waals surface area contributed by atoms with Gasteiger partial charge in [-0.2, -0.15) is 0 Å². The van der Waals surface area contributed by atoms with Gasteiger partial charge in [0.1, 0.15) is 0 Å². The van der Waals surface area contributed by atoms with Crippen molar-refractivity contribution in [1.82, 2.24) is 10.3 Å². The average Bonchev–Trinajstić information content (AvgIpc) is 3.15. The van der Waals surface area contributed by atoms with E-state index in [1.54, 1.807) is 0 Å². The van der Waals surface area contributed by atoms with Crippen LogP contribution >= 0.6 is 11.3 Å². The first kappa shape index (κ1) is 12.4. The molecule has 1 aromatic heterocycles. The molecule has 0 radical (unpaired) electrons. The van der Waals surface area contributed by atoms with E-state index < -0.39 is 0 Å². The molecule has 0 amide bonds. The smallest absolute Gasteiger partial charge is 0.185 e. The SMILES string of the molecule is Cc1nc(N2CCCOCC2)sc1CNC1CC1. The van der Waals surface area contributed by atoms with E-state index in [0.29, 0.717) is 0 Å². The fourth-order valence-corrected chi connectivity index (χ4v) is 3.24. The molecule has 2 fully saturated rings. The van der Waals surface area contributed by atoms with E-state index in [2.05, 4.69) is 17.1 Å². The van der Waals surface area contributed by atoms with Gasteiger partial charge in [-0.1, -0.05) is 0 Å². The molecule has 0 aromatic carbocycles. The highest BCUT2D eigenvalue weighted by Crippen LogP contribution is 2.28. The standard InChI is InChI=1S/C13H21N3OS/c1-10-12(9-14-11-3-4-11)18-13(15-10)16-5-2-7-17-8-6-16/h11,14H,2-9H2,1H3. The lowest BCUT2D eigenvalue weighted by Crippen LogP contribution is -2.25. The van der Waals surface area contributed by atoms with Crippen LogP contribution in [0.1, 0.15) is 29.8 Å². The normalized spacial score (nSPS) is 21.1. The zero-order chi connectivity index (χ0) is 12.4. The number of thiazole rings is 1. The van der Waals surface area contributed by atoms with Crippen LogP contribution in [0.25, 0.3) is 0 Å². The number of ether oxygens (including phenoxy) is 1. The molecule has 1 N–H and O–H groups in total. The number of aryl methyl sites for hydroxylation is 1. The van der Waals surface area contributed by atoms with Crippen molar-refractivity contribution in [3.8, 4) is 0 Å². The Balaban J connectivity index is 1.65. The van der Waals surface area contributed by atoms with Gasteiger partial charge in [-0.25, -0.2) is 4.98 Å². The van der Waals surface area contributed by atoms with E-state index in [9.17, 15) is 0 Å². The molecule has 1 aromatic rings. The molecule has 5 heteroatoms. The predicted octanol–water partition coefficient (Wildman–Crippen LogP) is 1.93. The highest BCUT2D eigenvalue weighted by molar-refractivity contribution is 7.15. The fourth-order valence-electron chi connectivity index (χ4n) is 2.17. The lowest BCUT2D eigenvalue weighted by molar-refractivity contribution is 0.152. The topological polar surface area (TPSA) is 37.4 Å². The van der Waals surface area contributed by atoms with Crippen LogP contribution < -0.4 is 10.2 Å². The van der Waals surface area contributed by atoms with Gasteiger partial charge < -0.3 is 15.0 Å². The maximum absolute atomic E-state index is 5.49. The van der Waals surface area contributed by atoms with Crippen LogP contribution in [0, 0.1) is 6.92 Å². The summed E-state index contributed by atoms with van der Waals surface area (Å²) in [6, 6.07) is 0.765. The molecule has 1 saturated carbocycles. The van der Waals surface area contributed by atoms with Crippen LogP contribution in [0.2, 0.25) is 0 Å². The summed E-state index contributed by atoms with van der Waals surface area (Å²) < 4.78 is 5.49. The summed E-state index contributed by atoms with van der Waals surface area (Å²) in [7, 11) is 0. The molecule has 1 aliphatic heterocycles. The van der Waals surface area contributed by atoms with Crippen molar-refractivity contribution in [3.05, 3.63) is 10.6 Å². The van der Waals surface area contributed by atoms with Gasteiger partial charge in [-0.15, -0.1) is 11.3 Å². The Hall–Kier alpha value is -0.650. The van der Waals surface area contributed by atoms with Gasteiger partial charge in [-0.3, -0.25) is 0 Å². The lowest BCUT2D eigenvalue weighted by Gasteiger charge is -2.17. The number of hydrogen-bond acceptors (Lipinski definition) is 5. The van der Waals surface area contributed by atoms with E-state index in [4.69, 9.17) is 9.72 Å². The van der Waals surface area contributed by atoms with Crippen LogP contribution in [-0.4, -0.2) is 37.3 Å². The first-order chi connectivity index (χ1) is 8.83. The van der Waals surface area contributed by atoms with Crippen molar-refractivity contribution in [2.24, 2.45) is 0 Å². The Bertz CT molecular complexity index is 395. The molecular formula is C13H21N3OS. The van der Waals surface area contributed by atoms with Gasteiger partial charge in [0.25, 0.3) is 0 Å². The third kappa shape index (κ3) is 3.02. The minimum absolute atomic E-state index is 0.765. The van der Waals surface area contributed by atoms with Crippen molar-refractivity contribution in [2.45, 2.75) is 38.8 Å². The highest BCUT2D eigenvalue weighted by Gasteiger charge is 2.21. The Morgan fingerprint density at radius 1 is 1.39 bits per heavy atom. The summed E-state index contributed by atoms with van der Waals surface area (Å²) in [6.45, 7) is 6.87. The number of aromatic nitrogens is 1. The first-order valence-corrected chi connectivity index (χ1v) is 7.67. The van der Waals surface area contributed by atoms with E-state index in [1.807, 2.05) is 11.3 Å². The number of nitrogens with one attached hydrogen (secondary N) is 1. The van der Waals surface area contributed by atoms with E-state index in [0.717, 1.165) is 45.3 Å². The van der Waals surface area contributed by atoms with Crippen LogP contribution in [0.15, 0.2) is 0 Å². The number of anilines is 1. The van der Waals surface area contributed by atoms with Crippen molar-refractivity contribution < 1.29 is 4.74 Å². The van der Waals surface area contributed by atoms with E-state index >= 15 is 0 Å². The Morgan fingerprint density at radius 2 is 2.28 bits per heavy atom. The summed E-state index contributed by atoms with van der Waals surface area (Å²) in [5.74, 6) is 0. The largest absolute Gasteiger partial charge is 0.380 e. The minimum Gasteiger partial charge on any atom is -0.380 e. The van der Waals surface area contributed by atoms with Gasteiger partial charge in [-0.05, 0) is 26.2 Å². The minimum atomic E-state index is 0.765. The van der Waals surface area contributed by atoms with Gasteiger partial charge in [0, 0.05) is 37.2 Å². The molecule has 100 valence electrons. The molecule has 2 heterocycles. The fraction of sp³-hybridized carbons (Fsp3) is 0.769. The molecular weight excluding hydrogens is 246 g/mol. The van der Waals surface area contributed by atoms with Crippen molar-refractivity contribution >= 4 is 16.5 Å². The molecule has 4 nitrogen and oxygen atoms in total. The molecule has 0 bridgehead atoms. The van der Waals surface area contributed by atoms with Gasteiger partial charge in [0.05, 0.1) is 12.3 Å². The van der Waals surface area contributed by atoms with Gasteiger partial charge >= 0.3 is 0 Å². The highest BCUT2D eigenvalue weighted by atomic mass is 32.1. The maximum atomic E-state index is 5.49. The zero-order valence-electron chi connectivity index (χ0n) is 10.9. The third-order valence-electron chi connectivity index (χ3n) is 3.50. The number of rotatable bonds is 4. The second kappa shape index (κ2) is 5.55. The molecule has 0 atom stereocenters. The summed E-state index contributed by atoms with van der Waals surface area (Å²) >= 11 is 1.84. The Kier molecular flexibility index (Phi) is 3.82. The van der Waals surface area contributed by atoms with Crippen LogP contribution in [0.5, 0.6) is 0 Å². The summed E-state index contributed by atoms with van der Waals surface area (Å²) in [4.78, 5) is 8.48. The predicted molar refractivity (Wildman–Crippen MR) is 74.4 cm³/mol. The van der Waals surface area contributed by atoms with Crippen molar-refractivity contribution in [3.63, 3.8) is 0 Å². The molecule has 0 spiro atoms. The molecule has 1 saturated heterocycles. The quantitative estimate of drug-likeness (QED) is 0.904. The molecule has 18 heavy (non-hydrogen) atoms. The van der Waals surface area contributed by atoms with Gasteiger partial charge in [0.15, 0.2) is 5.13 Å². The molecule has 1 aliphatic carbocycles. The Labute approximate surface area is 112 Å². The molecule has 3 rings (SSSR count). The van der Waals surface area contributed by atoms with Crippen LogP contribution in [0.4, 0.5) is 5.13 Å². The lowest BCUT2D eigenvalue weighted by atomic mass is 10.4.